The molecule has 1 N–H and O–H groups in total. The molecule has 1 aliphatic heterocycles. The van der Waals surface area contributed by atoms with Crippen LogP contribution in [0.2, 0.25) is 0 Å². The predicted octanol–water partition coefficient (Wildman–Crippen LogP) is 0.201. The van der Waals surface area contributed by atoms with Crippen molar-refractivity contribution in [1.82, 2.24) is 9.62 Å². The van der Waals surface area contributed by atoms with E-state index in [1.54, 1.807) is 7.11 Å². The van der Waals surface area contributed by atoms with Gasteiger partial charge >= 0.3 is 0 Å². The predicted molar refractivity (Wildman–Crippen MR) is 73.3 cm³/mol. The van der Waals surface area contributed by atoms with Crippen molar-refractivity contribution >= 4 is 15.9 Å². The molecule has 112 valence electrons. The largest absolute Gasteiger partial charge is 0.383 e. The maximum absolute atomic E-state index is 11.9. The van der Waals surface area contributed by atoms with Crippen LogP contribution in [-0.4, -0.2) is 57.7 Å². The number of methoxy groups -OCH3 is 1. The van der Waals surface area contributed by atoms with Gasteiger partial charge in [0.15, 0.2) is 0 Å². The molecule has 0 aromatic heterocycles. The van der Waals surface area contributed by atoms with Crippen LogP contribution in [-0.2, 0) is 19.6 Å². The summed E-state index contributed by atoms with van der Waals surface area (Å²) < 4.78 is 30.1. The van der Waals surface area contributed by atoms with Gasteiger partial charge in [0.25, 0.3) is 0 Å². The van der Waals surface area contributed by atoms with E-state index in [0.29, 0.717) is 45.5 Å². The summed E-state index contributed by atoms with van der Waals surface area (Å²) in [6.45, 7) is 3.75. The topological polar surface area (TPSA) is 75.7 Å². The molecule has 1 rings (SSSR count). The number of carbonyl (C=O) groups excluding carboxylic acids is 1. The summed E-state index contributed by atoms with van der Waals surface area (Å²) in [6.07, 6.45) is 1.82. The molecule has 0 unspecified atom stereocenters. The zero-order valence-corrected chi connectivity index (χ0v) is 12.5. The van der Waals surface area contributed by atoms with Crippen molar-refractivity contribution in [3.05, 3.63) is 0 Å². The molecule has 0 saturated carbocycles. The van der Waals surface area contributed by atoms with Crippen molar-refractivity contribution < 1.29 is 17.9 Å². The third-order valence-corrected chi connectivity index (χ3v) is 5.36. The second-order valence-corrected chi connectivity index (χ2v) is 6.86. The third kappa shape index (κ3) is 5.08. The van der Waals surface area contributed by atoms with Crippen molar-refractivity contribution in [1.29, 1.82) is 0 Å². The van der Waals surface area contributed by atoms with Crippen LogP contribution in [0.4, 0.5) is 0 Å². The highest BCUT2D eigenvalue weighted by atomic mass is 32.2. The minimum Gasteiger partial charge on any atom is -0.383 e. The summed E-state index contributed by atoms with van der Waals surface area (Å²) in [4.78, 5) is 11.8. The van der Waals surface area contributed by atoms with Gasteiger partial charge in [0.05, 0.1) is 12.4 Å². The first-order valence-electron chi connectivity index (χ1n) is 6.75. The quantitative estimate of drug-likeness (QED) is 0.680. The molecular weight excluding hydrogens is 268 g/mol. The molecule has 1 amide bonds. The summed E-state index contributed by atoms with van der Waals surface area (Å²) >= 11 is 0. The van der Waals surface area contributed by atoms with Crippen molar-refractivity contribution in [2.75, 3.05) is 39.1 Å². The van der Waals surface area contributed by atoms with E-state index in [1.807, 2.05) is 6.92 Å². The van der Waals surface area contributed by atoms with Crippen LogP contribution in [0.15, 0.2) is 0 Å². The fourth-order valence-corrected chi connectivity index (χ4v) is 3.75. The van der Waals surface area contributed by atoms with E-state index in [9.17, 15) is 13.2 Å². The number of piperidine rings is 1. The van der Waals surface area contributed by atoms with Crippen molar-refractivity contribution in [3.63, 3.8) is 0 Å². The maximum atomic E-state index is 11.9. The van der Waals surface area contributed by atoms with Gasteiger partial charge in [0.1, 0.15) is 0 Å². The molecule has 0 radical (unpaired) electrons. The Morgan fingerprint density at radius 1 is 1.37 bits per heavy atom. The Morgan fingerprint density at radius 2 is 2.00 bits per heavy atom. The van der Waals surface area contributed by atoms with Gasteiger partial charge < -0.3 is 10.1 Å². The molecule has 1 saturated heterocycles. The van der Waals surface area contributed by atoms with E-state index < -0.39 is 10.0 Å². The van der Waals surface area contributed by atoms with Crippen molar-refractivity contribution in [2.24, 2.45) is 5.92 Å². The Hall–Kier alpha value is -0.660. The first kappa shape index (κ1) is 16.4. The molecule has 0 aliphatic carbocycles. The molecule has 1 aliphatic rings. The van der Waals surface area contributed by atoms with Gasteiger partial charge in [0, 0.05) is 32.7 Å². The summed E-state index contributed by atoms with van der Waals surface area (Å²) in [7, 11) is -1.54. The van der Waals surface area contributed by atoms with E-state index in [-0.39, 0.29) is 17.6 Å². The van der Waals surface area contributed by atoms with Gasteiger partial charge in [-0.05, 0) is 19.3 Å². The molecule has 0 atom stereocenters. The average Bonchev–Trinajstić information content (AvgIpc) is 2.39. The molecule has 1 fully saturated rings. The molecule has 0 bridgehead atoms. The maximum Gasteiger partial charge on any atom is 0.223 e. The lowest BCUT2D eigenvalue weighted by molar-refractivity contribution is -0.126. The Morgan fingerprint density at radius 3 is 2.53 bits per heavy atom. The van der Waals surface area contributed by atoms with Crippen LogP contribution >= 0.6 is 0 Å². The van der Waals surface area contributed by atoms with Gasteiger partial charge in [-0.3, -0.25) is 4.79 Å². The minimum absolute atomic E-state index is 0.00425. The van der Waals surface area contributed by atoms with Crippen LogP contribution in [0.5, 0.6) is 0 Å². The second kappa shape index (κ2) is 7.81. The number of rotatable bonds is 7. The second-order valence-electron chi connectivity index (χ2n) is 4.77. The number of sulfonamides is 1. The molecule has 0 spiro atoms. The first-order chi connectivity index (χ1) is 9.01. The lowest BCUT2D eigenvalue weighted by Gasteiger charge is -2.30. The monoisotopic (exact) mass is 292 g/mol. The number of carbonyl (C=O) groups is 1. The summed E-state index contributed by atoms with van der Waals surface area (Å²) in [5, 5.41) is 2.80. The Kier molecular flexibility index (Phi) is 6.74. The number of hydrogen-bond acceptors (Lipinski definition) is 4. The lowest BCUT2D eigenvalue weighted by atomic mass is 9.97. The Balaban J connectivity index is 2.38. The van der Waals surface area contributed by atoms with Gasteiger partial charge in [-0.1, -0.05) is 6.92 Å². The molecule has 6 nitrogen and oxygen atoms in total. The number of nitrogens with zero attached hydrogens (tertiary/aromatic N) is 1. The summed E-state index contributed by atoms with van der Waals surface area (Å²) in [6, 6.07) is 0. The van der Waals surface area contributed by atoms with E-state index in [0.717, 1.165) is 0 Å². The standard InChI is InChI=1S/C12H24N2O4S/c1-3-10-19(16,17)14-7-4-11(5-8-14)12(15)13-6-9-18-2/h11H,3-10H2,1-2H3,(H,13,15). The van der Waals surface area contributed by atoms with Gasteiger partial charge in [0.2, 0.25) is 15.9 Å². The Bertz CT molecular complexity index is 375. The minimum atomic E-state index is -3.12. The highest BCUT2D eigenvalue weighted by molar-refractivity contribution is 7.89. The first-order valence-corrected chi connectivity index (χ1v) is 8.36. The fraction of sp³-hybridized carbons (Fsp3) is 0.917. The fourth-order valence-electron chi connectivity index (χ4n) is 2.20. The number of hydrogen-bond donors (Lipinski definition) is 1. The van der Waals surface area contributed by atoms with Crippen LogP contribution in [0.25, 0.3) is 0 Å². The smallest absolute Gasteiger partial charge is 0.223 e. The van der Waals surface area contributed by atoms with E-state index in [1.165, 1.54) is 4.31 Å². The molecule has 0 aromatic carbocycles. The number of nitrogens with one attached hydrogen (secondary N) is 1. The van der Waals surface area contributed by atoms with Gasteiger partial charge in [-0.2, -0.15) is 0 Å². The van der Waals surface area contributed by atoms with Crippen LogP contribution < -0.4 is 5.32 Å². The van der Waals surface area contributed by atoms with E-state index in [4.69, 9.17) is 4.74 Å². The lowest BCUT2D eigenvalue weighted by Crippen LogP contribution is -2.44. The normalized spacial score (nSPS) is 18.4. The van der Waals surface area contributed by atoms with Crippen molar-refractivity contribution in [3.8, 4) is 0 Å². The zero-order chi connectivity index (χ0) is 14.3. The van der Waals surface area contributed by atoms with E-state index in [2.05, 4.69) is 5.32 Å². The molecule has 19 heavy (non-hydrogen) atoms. The average molecular weight is 292 g/mol. The molecule has 0 aromatic rings. The third-order valence-electron chi connectivity index (χ3n) is 3.29. The zero-order valence-electron chi connectivity index (χ0n) is 11.7. The molecule has 7 heteroatoms. The Labute approximate surface area is 115 Å². The van der Waals surface area contributed by atoms with Crippen molar-refractivity contribution in [2.45, 2.75) is 26.2 Å². The van der Waals surface area contributed by atoms with Crippen LogP contribution in [0.3, 0.4) is 0 Å². The number of ether oxygens (including phenoxy) is 1. The SMILES string of the molecule is CCCS(=O)(=O)N1CCC(C(=O)NCCOC)CC1. The summed E-state index contributed by atoms with van der Waals surface area (Å²) in [5.41, 5.74) is 0. The summed E-state index contributed by atoms with van der Waals surface area (Å²) in [5.74, 6) is 0.118. The van der Waals surface area contributed by atoms with Gasteiger partial charge in [-0.15, -0.1) is 0 Å². The van der Waals surface area contributed by atoms with Crippen LogP contribution in [0.1, 0.15) is 26.2 Å². The van der Waals surface area contributed by atoms with E-state index >= 15 is 0 Å². The number of amides is 1. The van der Waals surface area contributed by atoms with Gasteiger partial charge in [-0.25, -0.2) is 12.7 Å². The highest BCUT2D eigenvalue weighted by Gasteiger charge is 2.30. The highest BCUT2D eigenvalue weighted by Crippen LogP contribution is 2.20. The molecule has 1 heterocycles. The molecular formula is C12H24N2O4S. The van der Waals surface area contributed by atoms with Crippen LogP contribution in [0, 0.1) is 5.92 Å².